The van der Waals surface area contributed by atoms with Crippen LogP contribution in [-0.2, 0) is 0 Å². The molecule has 4 aromatic rings. The Labute approximate surface area is 209 Å². The van der Waals surface area contributed by atoms with Crippen molar-refractivity contribution in [3.63, 3.8) is 0 Å². The van der Waals surface area contributed by atoms with E-state index in [4.69, 9.17) is 33.7 Å². The lowest BCUT2D eigenvalue weighted by Crippen LogP contribution is -1.81. The van der Waals surface area contributed by atoms with Gasteiger partial charge in [-0.3, -0.25) is 0 Å². The highest BCUT2D eigenvalue weighted by atomic mass is 35.5. The molecule has 4 heteroatoms. The molecular formula is C30H18Cl2N2. The second kappa shape index (κ2) is 10.7. The van der Waals surface area contributed by atoms with Gasteiger partial charge in [-0.05, 0) is 57.6 Å². The summed E-state index contributed by atoms with van der Waals surface area (Å²) in [6, 6.07) is 31.6. The fraction of sp³-hybridized carbons (Fsp3) is 0. The molecule has 0 aliphatic carbocycles. The molecule has 0 aromatic heterocycles. The molecule has 4 aromatic carbocycles. The van der Waals surface area contributed by atoms with E-state index in [1.807, 2.05) is 36.4 Å². The van der Waals surface area contributed by atoms with Gasteiger partial charge in [0.15, 0.2) is 0 Å². The van der Waals surface area contributed by atoms with Crippen molar-refractivity contribution in [3.05, 3.63) is 128 Å². The number of halogens is 2. The summed E-state index contributed by atoms with van der Waals surface area (Å²) in [4.78, 5) is 0. The Morgan fingerprint density at radius 3 is 1.12 bits per heavy atom. The Kier molecular flexibility index (Phi) is 7.26. The predicted octanol–water partition coefficient (Wildman–Crippen LogP) is 8.74. The van der Waals surface area contributed by atoms with Crippen LogP contribution < -0.4 is 0 Å². The van der Waals surface area contributed by atoms with E-state index >= 15 is 0 Å². The van der Waals surface area contributed by atoms with Crippen LogP contribution in [0.15, 0.2) is 84.9 Å². The van der Waals surface area contributed by atoms with Gasteiger partial charge in [0.05, 0.1) is 21.2 Å². The van der Waals surface area contributed by atoms with Gasteiger partial charge in [-0.2, -0.15) is 10.5 Å². The largest absolute Gasteiger partial charge is 0.192 e. The topological polar surface area (TPSA) is 47.6 Å². The summed E-state index contributed by atoms with van der Waals surface area (Å²) in [7, 11) is 0. The third-order valence-corrected chi connectivity index (χ3v) is 5.94. The maximum absolute atomic E-state index is 8.98. The van der Waals surface area contributed by atoms with E-state index < -0.39 is 0 Å². The second-order valence-electron chi connectivity index (χ2n) is 7.61. The zero-order valence-corrected chi connectivity index (χ0v) is 19.6. The lowest BCUT2D eigenvalue weighted by Gasteiger charge is -2.04. The van der Waals surface area contributed by atoms with Crippen LogP contribution in [0, 0.1) is 22.7 Å². The van der Waals surface area contributed by atoms with Crippen LogP contribution in [-0.4, -0.2) is 0 Å². The van der Waals surface area contributed by atoms with Crippen molar-refractivity contribution in [3.8, 4) is 23.3 Å². The molecule has 0 atom stereocenters. The number of hydrogen-bond donors (Lipinski definition) is 0. The van der Waals surface area contributed by atoms with Crippen LogP contribution >= 0.6 is 23.2 Å². The highest BCUT2D eigenvalue weighted by molar-refractivity contribution is 6.32. The Balaban J connectivity index is 1.43. The Bertz CT molecular complexity index is 1350. The second-order valence-corrected chi connectivity index (χ2v) is 8.43. The van der Waals surface area contributed by atoms with E-state index in [0.717, 1.165) is 33.4 Å². The predicted molar refractivity (Wildman–Crippen MR) is 142 cm³/mol. The van der Waals surface area contributed by atoms with E-state index in [1.54, 1.807) is 24.3 Å². The zero-order valence-electron chi connectivity index (χ0n) is 18.0. The summed E-state index contributed by atoms with van der Waals surface area (Å²) in [6.07, 6.45) is 7.99. The molecule has 0 spiro atoms. The Morgan fingerprint density at radius 2 is 0.794 bits per heavy atom. The molecule has 0 bridgehead atoms. The van der Waals surface area contributed by atoms with E-state index in [2.05, 4.69) is 60.7 Å². The van der Waals surface area contributed by atoms with E-state index in [9.17, 15) is 0 Å². The van der Waals surface area contributed by atoms with Gasteiger partial charge in [-0.15, -0.1) is 0 Å². The van der Waals surface area contributed by atoms with Crippen LogP contribution in [0.4, 0.5) is 0 Å². The van der Waals surface area contributed by atoms with Crippen molar-refractivity contribution in [1.29, 1.82) is 10.5 Å². The minimum atomic E-state index is 0.457. The molecule has 0 radical (unpaired) electrons. The number of nitrogens with zero attached hydrogens (tertiary/aromatic N) is 2. The summed E-state index contributed by atoms with van der Waals surface area (Å²) in [5.74, 6) is 0. The monoisotopic (exact) mass is 476 g/mol. The number of rotatable bonds is 5. The van der Waals surface area contributed by atoms with Gasteiger partial charge in [0, 0.05) is 0 Å². The first-order chi connectivity index (χ1) is 16.6. The van der Waals surface area contributed by atoms with Crippen molar-refractivity contribution in [2.75, 3.05) is 0 Å². The van der Waals surface area contributed by atoms with Crippen molar-refractivity contribution < 1.29 is 0 Å². The van der Waals surface area contributed by atoms with Crippen LogP contribution in [0.2, 0.25) is 10.0 Å². The first-order valence-corrected chi connectivity index (χ1v) is 11.3. The average molecular weight is 477 g/mol. The molecule has 0 aliphatic rings. The summed E-state index contributed by atoms with van der Waals surface area (Å²) >= 11 is 12.2. The van der Waals surface area contributed by atoms with Gasteiger partial charge in [0.2, 0.25) is 0 Å². The average Bonchev–Trinajstić information content (AvgIpc) is 2.87. The highest BCUT2D eigenvalue weighted by Crippen LogP contribution is 2.23. The molecule has 0 unspecified atom stereocenters. The quantitative estimate of drug-likeness (QED) is 0.270. The maximum Gasteiger partial charge on any atom is 0.101 e. The van der Waals surface area contributed by atoms with Crippen molar-refractivity contribution in [1.82, 2.24) is 0 Å². The standard InChI is InChI=1S/C30H18Cl2N2/c31-29-17-23(9-15-27(29)19-33)3-1-21-5-11-25(12-6-21)26-13-7-22(8-14-26)2-4-24-10-16-28(20-34)30(32)18-24/h1-18H. The zero-order chi connectivity index (χ0) is 23.9. The smallest absolute Gasteiger partial charge is 0.101 e. The molecule has 0 amide bonds. The lowest BCUT2D eigenvalue weighted by atomic mass is 10.0. The van der Waals surface area contributed by atoms with E-state index in [1.165, 1.54) is 0 Å². The van der Waals surface area contributed by atoms with Gasteiger partial charge in [0.1, 0.15) is 12.1 Å². The first-order valence-electron chi connectivity index (χ1n) is 10.5. The van der Waals surface area contributed by atoms with Crippen LogP contribution in [0.1, 0.15) is 33.4 Å². The van der Waals surface area contributed by atoms with Gasteiger partial charge in [-0.1, -0.05) is 108 Å². The summed E-state index contributed by atoms with van der Waals surface area (Å²) in [5.41, 5.74) is 7.25. The normalized spacial score (nSPS) is 10.9. The molecule has 2 nitrogen and oxygen atoms in total. The SMILES string of the molecule is N#Cc1ccc(C=Cc2ccc(-c3ccc(C=Cc4ccc(C#N)c(Cl)c4)cc3)cc2)cc1Cl. The molecule has 0 saturated carbocycles. The molecule has 0 fully saturated rings. The summed E-state index contributed by atoms with van der Waals surface area (Å²) in [5, 5.41) is 18.9. The Hall–Kier alpha value is -4.08. The molecule has 34 heavy (non-hydrogen) atoms. The van der Waals surface area contributed by atoms with E-state index in [-0.39, 0.29) is 0 Å². The Morgan fingerprint density at radius 1 is 0.471 bits per heavy atom. The van der Waals surface area contributed by atoms with Crippen LogP contribution in [0.5, 0.6) is 0 Å². The van der Waals surface area contributed by atoms with Gasteiger partial charge in [0.25, 0.3) is 0 Å². The molecular weight excluding hydrogens is 459 g/mol. The van der Waals surface area contributed by atoms with E-state index in [0.29, 0.717) is 21.2 Å². The minimum Gasteiger partial charge on any atom is -0.192 e. The van der Waals surface area contributed by atoms with Crippen molar-refractivity contribution >= 4 is 47.5 Å². The molecule has 162 valence electrons. The molecule has 4 rings (SSSR count). The van der Waals surface area contributed by atoms with Gasteiger partial charge in [-0.25, -0.2) is 0 Å². The van der Waals surface area contributed by atoms with Crippen LogP contribution in [0.3, 0.4) is 0 Å². The highest BCUT2D eigenvalue weighted by Gasteiger charge is 2.01. The molecule has 0 heterocycles. The number of benzene rings is 4. The fourth-order valence-corrected chi connectivity index (χ4v) is 3.87. The summed E-state index contributed by atoms with van der Waals surface area (Å²) < 4.78 is 0. The third-order valence-electron chi connectivity index (χ3n) is 5.32. The van der Waals surface area contributed by atoms with Crippen molar-refractivity contribution in [2.24, 2.45) is 0 Å². The minimum absolute atomic E-state index is 0.457. The summed E-state index contributed by atoms with van der Waals surface area (Å²) in [6.45, 7) is 0. The van der Waals surface area contributed by atoms with Crippen molar-refractivity contribution in [2.45, 2.75) is 0 Å². The van der Waals surface area contributed by atoms with Gasteiger partial charge >= 0.3 is 0 Å². The number of nitriles is 2. The van der Waals surface area contributed by atoms with Gasteiger partial charge < -0.3 is 0 Å². The molecule has 0 saturated heterocycles. The lowest BCUT2D eigenvalue weighted by molar-refractivity contribution is 1.48. The van der Waals surface area contributed by atoms with Crippen LogP contribution in [0.25, 0.3) is 35.4 Å². The number of hydrogen-bond acceptors (Lipinski definition) is 2. The maximum atomic E-state index is 8.98. The molecule has 0 N–H and O–H groups in total. The third kappa shape index (κ3) is 5.64. The molecule has 0 aliphatic heterocycles. The fourth-order valence-electron chi connectivity index (χ4n) is 3.41. The first kappa shape index (κ1) is 23.1.